The first kappa shape index (κ1) is 31.7. The highest BCUT2D eigenvalue weighted by atomic mass is 16.2. The molecule has 0 bridgehead atoms. The van der Waals surface area contributed by atoms with Crippen molar-refractivity contribution in [2.45, 2.75) is 140 Å². The van der Waals surface area contributed by atoms with E-state index in [1.165, 1.54) is 4.90 Å². The van der Waals surface area contributed by atoms with Crippen LogP contribution in [0, 0.1) is 0 Å². The third kappa shape index (κ3) is 5.49. The van der Waals surface area contributed by atoms with E-state index in [-0.39, 0.29) is 46.0 Å². The number of carbonyl (C=O) groups is 4. The van der Waals surface area contributed by atoms with Crippen molar-refractivity contribution in [3.63, 3.8) is 0 Å². The fourth-order valence-electron chi connectivity index (χ4n) is 8.25. The number of amides is 6. The lowest BCUT2D eigenvalue weighted by Crippen LogP contribution is -2.68. The van der Waals surface area contributed by atoms with E-state index in [2.05, 4.69) is 95.3 Å². The molecule has 11 nitrogen and oxygen atoms in total. The van der Waals surface area contributed by atoms with E-state index < -0.39 is 11.1 Å². The predicted octanol–water partition coefficient (Wildman–Crippen LogP) is 3.20. The topological polar surface area (TPSA) is 117 Å². The van der Waals surface area contributed by atoms with Crippen LogP contribution < -0.4 is 16.1 Å². The predicted molar refractivity (Wildman–Crippen MR) is 158 cm³/mol. The van der Waals surface area contributed by atoms with Gasteiger partial charge in [0.2, 0.25) is 0 Å². The number of nitrogens with one attached hydrogen (secondary N) is 3. The molecule has 0 atom stereocenters. The second-order valence-electron chi connectivity index (χ2n) is 15.5. The molecule has 4 saturated heterocycles. The van der Waals surface area contributed by atoms with Crippen molar-refractivity contribution in [3.8, 4) is 0 Å². The first-order valence-electron chi connectivity index (χ1n) is 15.2. The van der Waals surface area contributed by atoms with E-state index in [0.29, 0.717) is 45.2 Å². The monoisotopic (exact) mass is 575 g/mol. The molecular formula is C30H53N7O4. The molecular weight excluding hydrogens is 522 g/mol. The summed E-state index contributed by atoms with van der Waals surface area (Å²) in [5, 5.41) is 7.23. The molecule has 4 fully saturated rings. The van der Waals surface area contributed by atoms with Crippen LogP contribution in [-0.2, 0) is 9.59 Å². The number of hydrogen-bond donors (Lipinski definition) is 3. The van der Waals surface area contributed by atoms with Crippen molar-refractivity contribution >= 4 is 23.9 Å². The van der Waals surface area contributed by atoms with Gasteiger partial charge >= 0.3 is 12.1 Å². The second-order valence-corrected chi connectivity index (χ2v) is 15.5. The Labute approximate surface area is 246 Å². The van der Waals surface area contributed by atoms with Crippen molar-refractivity contribution in [2.75, 3.05) is 27.2 Å². The molecule has 0 saturated carbocycles. The number of urea groups is 2. The standard InChI is InChI=1S/C30H53N7O4/c1-25(2)17-29(18-26(3,4)34(25)9)21(38)36(23(40)32-29)16-14-12-11-13-15-31-37-22(39)30(33-24(37)41)19-27(5,6)35(10)28(7,8)20-30/h31H,11-20H2,1-10H3,(H,32,40)(H,33,41). The highest BCUT2D eigenvalue weighted by molar-refractivity contribution is 6.07. The summed E-state index contributed by atoms with van der Waals surface area (Å²) < 4.78 is 0. The Balaban J connectivity index is 1.23. The summed E-state index contributed by atoms with van der Waals surface area (Å²) in [6.45, 7) is 17.8. The maximum absolute atomic E-state index is 13.5. The van der Waals surface area contributed by atoms with Crippen LogP contribution in [0.4, 0.5) is 9.59 Å². The number of carbonyl (C=O) groups excluding carboxylic acids is 4. The fraction of sp³-hybridized carbons (Fsp3) is 0.867. The molecule has 11 heteroatoms. The van der Waals surface area contributed by atoms with Crippen molar-refractivity contribution < 1.29 is 19.2 Å². The van der Waals surface area contributed by atoms with Crippen LogP contribution in [0.15, 0.2) is 0 Å². The molecule has 0 radical (unpaired) electrons. The zero-order valence-electron chi connectivity index (χ0n) is 27.0. The Bertz CT molecular complexity index is 978. The molecule has 232 valence electrons. The SMILES string of the molecule is CN1C(C)(C)CC2(CC1(C)C)NC(=O)N(CCCCCCNN1C(=O)NC3(CC(C)(C)N(C)C(C)(C)C3)C1=O)C2=O. The van der Waals surface area contributed by atoms with Crippen LogP contribution >= 0.6 is 0 Å². The fourth-order valence-corrected chi connectivity index (χ4v) is 8.25. The van der Waals surface area contributed by atoms with Gasteiger partial charge in [0.1, 0.15) is 11.1 Å². The lowest BCUT2D eigenvalue weighted by Gasteiger charge is -2.56. The van der Waals surface area contributed by atoms with Crippen LogP contribution in [0.1, 0.15) is 107 Å². The number of likely N-dealkylation sites (tertiary alicyclic amines) is 2. The summed E-state index contributed by atoms with van der Waals surface area (Å²) >= 11 is 0. The van der Waals surface area contributed by atoms with Gasteiger partial charge in [-0.15, -0.1) is 0 Å². The largest absolute Gasteiger partial charge is 0.339 e. The normalized spacial score (nSPS) is 28.0. The van der Waals surface area contributed by atoms with Crippen LogP contribution in [0.25, 0.3) is 0 Å². The average Bonchev–Trinajstić information content (AvgIpc) is 3.17. The van der Waals surface area contributed by atoms with Crippen molar-refractivity contribution in [2.24, 2.45) is 0 Å². The zero-order valence-corrected chi connectivity index (χ0v) is 27.0. The molecule has 4 heterocycles. The van der Waals surface area contributed by atoms with E-state index in [4.69, 9.17) is 0 Å². The van der Waals surface area contributed by atoms with Gasteiger partial charge in [0.15, 0.2) is 0 Å². The molecule has 0 aromatic heterocycles. The minimum atomic E-state index is -0.901. The van der Waals surface area contributed by atoms with Gasteiger partial charge in [-0.3, -0.25) is 24.3 Å². The molecule has 6 amide bonds. The smallest absolute Gasteiger partial charge is 0.323 e. The molecule has 0 aliphatic carbocycles. The zero-order chi connectivity index (χ0) is 30.8. The van der Waals surface area contributed by atoms with Crippen LogP contribution in [0.5, 0.6) is 0 Å². The number of nitrogens with zero attached hydrogens (tertiary/aromatic N) is 4. The van der Waals surface area contributed by atoms with E-state index in [1.807, 2.05) is 0 Å². The molecule has 0 unspecified atom stereocenters. The molecule has 4 aliphatic rings. The molecule has 4 rings (SSSR count). The molecule has 0 aromatic rings. The van der Waals surface area contributed by atoms with Crippen LogP contribution in [-0.4, -0.2) is 104 Å². The van der Waals surface area contributed by atoms with Crippen LogP contribution in [0.3, 0.4) is 0 Å². The molecule has 41 heavy (non-hydrogen) atoms. The summed E-state index contributed by atoms with van der Waals surface area (Å²) in [7, 11) is 4.16. The lowest BCUT2D eigenvalue weighted by molar-refractivity contribution is -0.141. The van der Waals surface area contributed by atoms with Gasteiger partial charge in [0.25, 0.3) is 11.8 Å². The van der Waals surface area contributed by atoms with Gasteiger partial charge < -0.3 is 10.6 Å². The maximum atomic E-state index is 13.5. The van der Waals surface area contributed by atoms with Gasteiger partial charge in [0.05, 0.1) is 0 Å². The van der Waals surface area contributed by atoms with Crippen molar-refractivity contribution in [1.82, 2.24) is 35.8 Å². The lowest BCUT2D eigenvalue weighted by atomic mass is 9.69. The third-order valence-corrected chi connectivity index (χ3v) is 10.6. The number of hydrogen-bond acceptors (Lipinski definition) is 7. The Kier molecular flexibility index (Phi) is 7.88. The highest BCUT2D eigenvalue weighted by Gasteiger charge is 2.61. The summed E-state index contributed by atoms with van der Waals surface area (Å²) in [5.74, 6) is -0.310. The van der Waals surface area contributed by atoms with Gasteiger partial charge in [0, 0.05) is 35.2 Å². The number of piperidine rings is 2. The van der Waals surface area contributed by atoms with Gasteiger partial charge in [-0.05, 0) is 108 Å². The van der Waals surface area contributed by atoms with Gasteiger partial charge in [-0.1, -0.05) is 12.8 Å². The summed E-state index contributed by atoms with van der Waals surface area (Å²) in [6.07, 6.45) is 5.45. The maximum Gasteiger partial charge on any atom is 0.339 e. The summed E-state index contributed by atoms with van der Waals surface area (Å²) in [5.41, 5.74) is 0.371. The Morgan fingerprint density at radius 2 is 1.02 bits per heavy atom. The first-order chi connectivity index (χ1) is 18.7. The number of unbranched alkanes of at least 4 members (excludes halogenated alkanes) is 3. The van der Waals surface area contributed by atoms with Gasteiger partial charge in [-0.25, -0.2) is 15.0 Å². The Morgan fingerprint density at radius 1 is 0.610 bits per heavy atom. The van der Waals surface area contributed by atoms with E-state index in [1.54, 1.807) is 0 Å². The average molecular weight is 576 g/mol. The van der Waals surface area contributed by atoms with E-state index >= 15 is 0 Å². The minimum absolute atomic E-state index is 0.105. The molecule has 4 aliphatic heterocycles. The van der Waals surface area contributed by atoms with Crippen LogP contribution in [0.2, 0.25) is 0 Å². The van der Waals surface area contributed by atoms with E-state index in [0.717, 1.165) is 24.3 Å². The van der Waals surface area contributed by atoms with E-state index in [9.17, 15) is 19.2 Å². The second kappa shape index (κ2) is 10.2. The summed E-state index contributed by atoms with van der Waals surface area (Å²) in [6, 6.07) is -0.681. The Hall–Kier alpha value is -2.24. The number of rotatable bonds is 8. The quantitative estimate of drug-likeness (QED) is 0.301. The molecule has 0 aromatic carbocycles. The molecule has 3 N–H and O–H groups in total. The number of imide groups is 2. The van der Waals surface area contributed by atoms with Crippen molar-refractivity contribution in [1.29, 1.82) is 0 Å². The van der Waals surface area contributed by atoms with Crippen molar-refractivity contribution in [3.05, 3.63) is 0 Å². The Morgan fingerprint density at radius 3 is 1.51 bits per heavy atom. The summed E-state index contributed by atoms with van der Waals surface area (Å²) in [4.78, 5) is 58.6. The third-order valence-electron chi connectivity index (χ3n) is 10.6. The molecule has 2 spiro atoms. The highest BCUT2D eigenvalue weighted by Crippen LogP contribution is 2.46. The van der Waals surface area contributed by atoms with Gasteiger partial charge in [-0.2, -0.15) is 5.01 Å². The first-order valence-corrected chi connectivity index (χ1v) is 15.2. The minimum Gasteiger partial charge on any atom is -0.323 e. The number of hydrazine groups is 1.